The topological polar surface area (TPSA) is 86.9 Å². The molecule has 7 nitrogen and oxygen atoms in total. The second-order valence-corrected chi connectivity index (χ2v) is 4.89. The number of amides is 1. The first kappa shape index (κ1) is 15.9. The highest BCUT2D eigenvalue weighted by Gasteiger charge is 2.21. The maximum Gasteiger partial charge on any atom is 0.292 e. The summed E-state index contributed by atoms with van der Waals surface area (Å²) in [5, 5.41) is 20.4. The van der Waals surface area contributed by atoms with Gasteiger partial charge in [-0.15, -0.1) is 0 Å². The molecule has 0 saturated heterocycles. The average molecular weight is 281 g/mol. The third kappa shape index (κ3) is 3.67. The van der Waals surface area contributed by atoms with Crippen LogP contribution in [-0.4, -0.2) is 54.6 Å². The molecule has 0 fully saturated rings. The highest BCUT2D eigenvalue weighted by molar-refractivity contribution is 5.95. The fourth-order valence-electron chi connectivity index (χ4n) is 1.87. The first-order valence-electron chi connectivity index (χ1n) is 6.13. The smallest absolute Gasteiger partial charge is 0.292 e. The lowest BCUT2D eigenvalue weighted by Crippen LogP contribution is -2.28. The van der Waals surface area contributed by atoms with Gasteiger partial charge < -0.3 is 14.9 Å². The number of hydrogen-bond donors (Lipinski definition) is 1. The van der Waals surface area contributed by atoms with Gasteiger partial charge in [-0.25, -0.2) is 0 Å². The average Bonchev–Trinajstić information content (AvgIpc) is 2.35. The molecule has 1 N–H and O–H groups in total. The molecule has 0 aromatic heterocycles. The van der Waals surface area contributed by atoms with Gasteiger partial charge in [0.2, 0.25) is 0 Å². The van der Waals surface area contributed by atoms with Crippen LogP contribution in [0.2, 0.25) is 0 Å². The zero-order valence-electron chi connectivity index (χ0n) is 12.0. The first-order chi connectivity index (χ1) is 9.23. The standard InChI is InChI=1S/C13H19N3O4/c1-9(17)8-15(4)12-7-10(13(18)14(2)3)5-6-11(12)16(19)20/h5-7,9,17H,8H2,1-4H3. The number of benzene rings is 1. The molecule has 0 aliphatic heterocycles. The lowest BCUT2D eigenvalue weighted by molar-refractivity contribution is -0.384. The van der Waals surface area contributed by atoms with E-state index in [-0.39, 0.29) is 18.1 Å². The number of likely N-dealkylation sites (N-methyl/N-ethyl adjacent to an activating group) is 1. The quantitative estimate of drug-likeness (QED) is 0.645. The zero-order chi connectivity index (χ0) is 15.4. The van der Waals surface area contributed by atoms with Crippen LogP contribution >= 0.6 is 0 Å². The molecule has 1 aromatic rings. The number of hydrogen-bond acceptors (Lipinski definition) is 5. The zero-order valence-corrected chi connectivity index (χ0v) is 12.0. The summed E-state index contributed by atoms with van der Waals surface area (Å²) in [6, 6.07) is 4.22. The van der Waals surface area contributed by atoms with E-state index in [4.69, 9.17) is 0 Å². The number of aliphatic hydroxyl groups excluding tert-OH is 1. The Morgan fingerprint density at radius 2 is 2.00 bits per heavy atom. The van der Waals surface area contributed by atoms with Crippen molar-refractivity contribution in [2.45, 2.75) is 13.0 Å². The fraction of sp³-hybridized carbons (Fsp3) is 0.462. The number of anilines is 1. The molecule has 0 saturated carbocycles. The van der Waals surface area contributed by atoms with Crippen molar-refractivity contribution in [2.24, 2.45) is 0 Å². The molecule has 110 valence electrons. The van der Waals surface area contributed by atoms with Crippen molar-refractivity contribution >= 4 is 17.3 Å². The van der Waals surface area contributed by atoms with Gasteiger partial charge in [0, 0.05) is 39.3 Å². The van der Waals surface area contributed by atoms with Gasteiger partial charge in [0.15, 0.2) is 0 Å². The molecular weight excluding hydrogens is 262 g/mol. The Morgan fingerprint density at radius 1 is 1.40 bits per heavy atom. The summed E-state index contributed by atoms with van der Waals surface area (Å²) >= 11 is 0. The largest absolute Gasteiger partial charge is 0.392 e. The van der Waals surface area contributed by atoms with Crippen LogP contribution < -0.4 is 4.90 Å². The number of carbonyl (C=O) groups excluding carboxylic acids is 1. The van der Waals surface area contributed by atoms with E-state index in [0.29, 0.717) is 11.3 Å². The monoisotopic (exact) mass is 281 g/mol. The van der Waals surface area contributed by atoms with Gasteiger partial charge in [-0.1, -0.05) is 0 Å². The Morgan fingerprint density at radius 3 is 2.45 bits per heavy atom. The number of aliphatic hydroxyl groups is 1. The normalized spacial score (nSPS) is 11.8. The van der Waals surface area contributed by atoms with E-state index >= 15 is 0 Å². The molecule has 1 unspecified atom stereocenters. The Kier molecular flexibility index (Phi) is 5.04. The highest BCUT2D eigenvalue weighted by atomic mass is 16.6. The van der Waals surface area contributed by atoms with Crippen LogP contribution in [0.15, 0.2) is 18.2 Å². The molecule has 0 aliphatic rings. The number of nitrogens with zero attached hydrogens (tertiary/aromatic N) is 3. The van der Waals surface area contributed by atoms with E-state index in [2.05, 4.69) is 0 Å². The molecule has 1 aromatic carbocycles. The van der Waals surface area contributed by atoms with Gasteiger partial charge in [-0.05, 0) is 19.1 Å². The van der Waals surface area contributed by atoms with Crippen LogP contribution in [0, 0.1) is 10.1 Å². The summed E-state index contributed by atoms with van der Waals surface area (Å²) in [4.78, 5) is 25.4. The van der Waals surface area contributed by atoms with Crippen molar-refractivity contribution in [2.75, 3.05) is 32.6 Å². The molecule has 1 amide bonds. The number of nitro groups is 1. The summed E-state index contributed by atoms with van der Waals surface area (Å²) in [5.41, 5.74) is 0.583. The molecular formula is C13H19N3O4. The van der Waals surface area contributed by atoms with Gasteiger partial charge in [0.05, 0.1) is 11.0 Å². The van der Waals surface area contributed by atoms with Crippen molar-refractivity contribution in [3.63, 3.8) is 0 Å². The summed E-state index contributed by atoms with van der Waals surface area (Å²) in [6.07, 6.45) is -0.632. The third-order valence-electron chi connectivity index (χ3n) is 2.77. The van der Waals surface area contributed by atoms with E-state index in [1.54, 1.807) is 33.0 Å². The number of rotatable bonds is 5. The predicted molar refractivity (Wildman–Crippen MR) is 76.1 cm³/mol. The lowest BCUT2D eigenvalue weighted by Gasteiger charge is -2.21. The van der Waals surface area contributed by atoms with Gasteiger partial charge >= 0.3 is 0 Å². The van der Waals surface area contributed by atoms with Crippen molar-refractivity contribution in [3.05, 3.63) is 33.9 Å². The van der Waals surface area contributed by atoms with E-state index in [9.17, 15) is 20.0 Å². The molecule has 7 heteroatoms. The molecule has 1 rings (SSSR count). The van der Waals surface area contributed by atoms with Gasteiger partial charge in [-0.2, -0.15) is 0 Å². The Hall–Kier alpha value is -2.15. The summed E-state index contributed by atoms with van der Waals surface area (Å²) in [5.74, 6) is -0.230. The van der Waals surface area contributed by atoms with E-state index in [1.807, 2.05) is 0 Å². The van der Waals surface area contributed by atoms with Crippen molar-refractivity contribution < 1.29 is 14.8 Å². The Bertz CT molecular complexity index is 514. The van der Waals surface area contributed by atoms with Crippen LogP contribution in [0.1, 0.15) is 17.3 Å². The Balaban J connectivity index is 3.25. The van der Waals surface area contributed by atoms with Crippen molar-refractivity contribution in [1.82, 2.24) is 4.90 Å². The molecule has 0 heterocycles. The maximum absolute atomic E-state index is 11.9. The molecule has 1 atom stereocenters. The Labute approximate surface area is 117 Å². The number of carbonyl (C=O) groups is 1. The summed E-state index contributed by atoms with van der Waals surface area (Å²) in [7, 11) is 4.87. The second kappa shape index (κ2) is 6.33. The molecule has 20 heavy (non-hydrogen) atoms. The second-order valence-electron chi connectivity index (χ2n) is 4.89. The van der Waals surface area contributed by atoms with E-state index in [1.165, 1.54) is 23.1 Å². The first-order valence-corrected chi connectivity index (χ1v) is 6.13. The summed E-state index contributed by atoms with van der Waals surface area (Å²) < 4.78 is 0. The van der Waals surface area contributed by atoms with Crippen molar-refractivity contribution in [1.29, 1.82) is 0 Å². The maximum atomic E-state index is 11.9. The van der Waals surface area contributed by atoms with Gasteiger partial charge in [-0.3, -0.25) is 14.9 Å². The van der Waals surface area contributed by atoms with Crippen LogP contribution in [-0.2, 0) is 0 Å². The van der Waals surface area contributed by atoms with Crippen LogP contribution in [0.5, 0.6) is 0 Å². The number of nitro benzene ring substituents is 1. The van der Waals surface area contributed by atoms with Crippen LogP contribution in [0.25, 0.3) is 0 Å². The third-order valence-corrected chi connectivity index (χ3v) is 2.77. The van der Waals surface area contributed by atoms with Gasteiger partial charge in [0.25, 0.3) is 11.6 Å². The minimum atomic E-state index is -0.632. The minimum Gasteiger partial charge on any atom is -0.392 e. The van der Waals surface area contributed by atoms with Crippen LogP contribution in [0.3, 0.4) is 0 Å². The predicted octanol–water partition coefficient (Wildman–Crippen LogP) is 1.11. The molecule has 0 radical (unpaired) electrons. The summed E-state index contributed by atoms with van der Waals surface area (Å²) in [6.45, 7) is 1.83. The fourth-order valence-corrected chi connectivity index (χ4v) is 1.87. The molecule has 0 spiro atoms. The van der Waals surface area contributed by atoms with Gasteiger partial charge in [0.1, 0.15) is 5.69 Å². The molecule has 0 aliphatic carbocycles. The van der Waals surface area contributed by atoms with E-state index < -0.39 is 11.0 Å². The van der Waals surface area contributed by atoms with Crippen LogP contribution in [0.4, 0.5) is 11.4 Å². The van der Waals surface area contributed by atoms with Crippen molar-refractivity contribution in [3.8, 4) is 0 Å². The lowest BCUT2D eigenvalue weighted by atomic mass is 10.1. The highest BCUT2D eigenvalue weighted by Crippen LogP contribution is 2.29. The minimum absolute atomic E-state index is 0.0940. The van der Waals surface area contributed by atoms with E-state index in [0.717, 1.165) is 0 Å². The SMILES string of the molecule is CC(O)CN(C)c1cc(C(=O)N(C)C)ccc1[N+](=O)[O-]. The molecule has 0 bridgehead atoms.